The molecule has 2 N–H and O–H groups in total. The monoisotopic (exact) mass is 302 g/mol. The third-order valence-corrected chi connectivity index (χ3v) is 3.11. The molecule has 0 saturated carbocycles. The highest BCUT2D eigenvalue weighted by Crippen LogP contribution is 2.36. The highest BCUT2D eigenvalue weighted by atomic mass is 19.4. The Hall–Kier alpha value is -2.02. The van der Waals surface area contributed by atoms with Crippen LogP contribution in [0, 0.1) is 18.6 Å². The van der Waals surface area contributed by atoms with Gasteiger partial charge in [0.05, 0.1) is 11.6 Å². The second kappa shape index (κ2) is 5.40. The summed E-state index contributed by atoms with van der Waals surface area (Å²) in [6, 6.07) is 1.08. The van der Waals surface area contributed by atoms with Crippen molar-refractivity contribution < 1.29 is 22.0 Å². The first-order valence-corrected chi connectivity index (χ1v) is 5.94. The zero-order valence-electron chi connectivity index (χ0n) is 10.9. The van der Waals surface area contributed by atoms with Gasteiger partial charge in [-0.2, -0.15) is 13.2 Å². The van der Waals surface area contributed by atoms with Crippen molar-refractivity contribution >= 4 is 0 Å². The maximum Gasteiger partial charge on any atom is 0.416 e. The van der Waals surface area contributed by atoms with Gasteiger partial charge in [-0.1, -0.05) is 0 Å². The standard InChI is InChI=1S/C14H11F5N2/c1-7-4-8(12(16)5-11(7)15)13(20)9-6-21-3-2-10(9)14(17,18)19/h2-6,13H,20H2,1H3. The minimum Gasteiger partial charge on any atom is -0.320 e. The van der Waals surface area contributed by atoms with Gasteiger partial charge in [0.2, 0.25) is 0 Å². The van der Waals surface area contributed by atoms with Crippen LogP contribution in [0.25, 0.3) is 0 Å². The molecule has 0 radical (unpaired) electrons. The van der Waals surface area contributed by atoms with E-state index in [1.54, 1.807) is 0 Å². The van der Waals surface area contributed by atoms with Crippen molar-refractivity contribution in [1.29, 1.82) is 0 Å². The molecule has 1 aromatic carbocycles. The normalized spacial score (nSPS) is 13.3. The fourth-order valence-corrected chi connectivity index (χ4v) is 2.00. The number of hydrogen-bond acceptors (Lipinski definition) is 2. The smallest absolute Gasteiger partial charge is 0.320 e. The number of rotatable bonds is 2. The van der Waals surface area contributed by atoms with E-state index in [9.17, 15) is 22.0 Å². The van der Waals surface area contributed by atoms with E-state index in [0.717, 1.165) is 24.5 Å². The zero-order valence-corrected chi connectivity index (χ0v) is 10.9. The first-order valence-electron chi connectivity index (χ1n) is 5.94. The van der Waals surface area contributed by atoms with Crippen LogP contribution in [0.5, 0.6) is 0 Å². The average Bonchev–Trinajstić information content (AvgIpc) is 2.41. The fourth-order valence-electron chi connectivity index (χ4n) is 2.00. The molecule has 112 valence electrons. The van der Waals surface area contributed by atoms with Crippen molar-refractivity contribution in [1.82, 2.24) is 4.98 Å². The lowest BCUT2D eigenvalue weighted by Gasteiger charge is -2.19. The van der Waals surface area contributed by atoms with E-state index < -0.39 is 29.4 Å². The molecular weight excluding hydrogens is 291 g/mol. The van der Waals surface area contributed by atoms with Gasteiger partial charge >= 0.3 is 6.18 Å². The molecule has 0 aliphatic carbocycles. The van der Waals surface area contributed by atoms with Gasteiger partial charge in [-0.25, -0.2) is 8.78 Å². The first kappa shape index (κ1) is 15.4. The lowest BCUT2D eigenvalue weighted by molar-refractivity contribution is -0.138. The molecule has 1 aromatic heterocycles. The van der Waals surface area contributed by atoms with E-state index in [4.69, 9.17) is 5.73 Å². The average molecular weight is 302 g/mol. The van der Waals surface area contributed by atoms with Crippen molar-refractivity contribution in [3.05, 3.63) is 64.5 Å². The molecule has 0 aliphatic rings. The van der Waals surface area contributed by atoms with Gasteiger partial charge in [0, 0.05) is 29.6 Å². The van der Waals surface area contributed by atoms with Crippen LogP contribution in [-0.4, -0.2) is 4.98 Å². The van der Waals surface area contributed by atoms with E-state index in [0.29, 0.717) is 6.07 Å². The maximum atomic E-state index is 13.8. The summed E-state index contributed by atoms with van der Waals surface area (Å²) in [5, 5.41) is 0. The van der Waals surface area contributed by atoms with Crippen molar-refractivity contribution in [3.8, 4) is 0 Å². The van der Waals surface area contributed by atoms with Crippen molar-refractivity contribution in [2.24, 2.45) is 5.73 Å². The quantitative estimate of drug-likeness (QED) is 0.858. The highest BCUT2D eigenvalue weighted by Gasteiger charge is 2.35. The molecule has 2 aromatic rings. The Balaban J connectivity index is 2.56. The Morgan fingerprint density at radius 3 is 2.38 bits per heavy atom. The van der Waals surface area contributed by atoms with Crippen LogP contribution in [0.3, 0.4) is 0 Å². The molecule has 0 spiro atoms. The molecule has 21 heavy (non-hydrogen) atoms. The number of alkyl halides is 3. The molecule has 0 fully saturated rings. The third kappa shape index (κ3) is 3.02. The lowest BCUT2D eigenvalue weighted by atomic mass is 9.95. The SMILES string of the molecule is Cc1cc(C(N)c2cnccc2C(F)(F)F)c(F)cc1F. The summed E-state index contributed by atoms with van der Waals surface area (Å²) < 4.78 is 65.8. The number of benzene rings is 1. The Bertz CT molecular complexity index is 667. The summed E-state index contributed by atoms with van der Waals surface area (Å²) >= 11 is 0. The van der Waals surface area contributed by atoms with Crippen LogP contribution >= 0.6 is 0 Å². The van der Waals surface area contributed by atoms with Gasteiger partial charge in [-0.15, -0.1) is 0 Å². The highest BCUT2D eigenvalue weighted by molar-refractivity contribution is 5.39. The third-order valence-electron chi connectivity index (χ3n) is 3.11. The molecule has 2 nitrogen and oxygen atoms in total. The summed E-state index contributed by atoms with van der Waals surface area (Å²) in [7, 11) is 0. The predicted molar refractivity (Wildman–Crippen MR) is 66.4 cm³/mol. The maximum absolute atomic E-state index is 13.8. The molecule has 0 bridgehead atoms. The molecule has 2 rings (SSSR count). The molecule has 7 heteroatoms. The second-order valence-electron chi connectivity index (χ2n) is 4.56. The Morgan fingerprint density at radius 2 is 1.76 bits per heavy atom. The fraction of sp³-hybridized carbons (Fsp3) is 0.214. The Labute approximate surface area is 117 Å². The molecule has 0 amide bonds. The number of halogens is 5. The largest absolute Gasteiger partial charge is 0.416 e. The minimum atomic E-state index is -4.64. The van der Waals surface area contributed by atoms with Crippen LogP contribution in [0.1, 0.15) is 28.3 Å². The number of pyridine rings is 1. The molecule has 0 saturated heterocycles. The predicted octanol–water partition coefficient (Wildman–Crippen LogP) is 3.74. The minimum absolute atomic E-state index is 0.0966. The summed E-state index contributed by atoms with van der Waals surface area (Å²) in [5.74, 6) is -1.78. The van der Waals surface area contributed by atoms with Crippen LogP contribution < -0.4 is 5.73 Å². The topological polar surface area (TPSA) is 38.9 Å². The van der Waals surface area contributed by atoms with E-state index in [1.807, 2.05) is 0 Å². The van der Waals surface area contributed by atoms with E-state index in [-0.39, 0.29) is 16.7 Å². The van der Waals surface area contributed by atoms with E-state index in [2.05, 4.69) is 4.98 Å². The number of nitrogens with two attached hydrogens (primary N) is 1. The summed E-state index contributed by atoms with van der Waals surface area (Å²) in [4.78, 5) is 3.60. The van der Waals surface area contributed by atoms with Gasteiger partial charge in [0.1, 0.15) is 11.6 Å². The molecule has 1 unspecified atom stereocenters. The van der Waals surface area contributed by atoms with Gasteiger partial charge in [-0.3, -0.25) is 4.98 Å². The van der Waals surface area contributed by atoms with Crippen molar-refractivity contribution in [3.63, 3.8) is 0 Å². The van der Waals surface area contributed by atoms with Crippen LogP contribution in [0.15, 0.2) is 30.6 Å². The van der Waals surface area contributed by atoms with Gasteiger partial charge in [-0.05, 0) is 24.6 Å². The van der Waals surface area contributed by atoms with Crippen molar-refractivity contribution in [2.45, 2.75) is 19.1 Å². The van der Waals surface area contributed by atoms with Crippen LogP contribution in [0.2, 0.25) is 0 Å². The first-order chi connectivity index (χ1) is 9.71. The van der Waals surface area contributed by atoms with Crippen LogP contribution in [-0.2, 0) is 6.18 Å². The number of aryl methyl sites for hydroxylation is 1. The van der Waals surface area contributed by atoms with Gasteiger partial charge < -0.3 is 5.73 Å². The zero-order chi connectivity index (χ0) is 15.8. The number of hydrogen-bond donors (Lipinski definition) is 1. The second-order valence-corrected chi connectivity index (χ2v) is 4.56. The Morgan fingerprint density at radius 1 is 1.10 bits per heavy atom. The van der Waals surface area contributed by atoms with E-state index in [1.165, 1.54) is 6.92 Å². The molecule has 0 aliphatic heterocycles. The van der Waals surface area contributed by atoms with Crippen molar-refractivity contribution in [2.75, 3.05) is 0 Å². The van der Waals surface area contributed by atoms with Gasteiger partial charge in [0.25, 0.3) is 0 Å². The Kier molecular flexibility index (Phi) is 3.95. The molecular formula is C14H11F5N2. The van der Waals surface area contributed by atoms with Gasteiger partial charge in [0.15, 0.2) is 0 Å². The summed E-state index contributed by atoms with van der Waals surface area (Å²) in [5.41, 5.74) is 4.25. The lowest BCUT2D eigenvalue weighted by Crippen LogP contribution is -2.20. The molecule has 1 atom stereocenters. The van der Waals surface area contributed by atoms with Crippen LogP contribution in [0.4, 0.5) is 22.0 Å². The number of aromatic nitrogens is 1. The summed E-state index contributed by atoms with van der Waals surface area (Å²) in [6.45, 7) is 1.37. The molecule has 1 heterocycles. The van der Waals surface area contributed by atoms with E-state index >= 15 is 0 Å². The number of nitrogens with zero attached hydrogens (tertiary/aromatic N) is 1. The summed E-state index contributed by atoms with van der Waals surface area (Å²) in [6.07, 6.45) is -2.72.